The molecule has 0 saturated carbocycles. The van der Waals surface area contributed by atoms with Gasteiger partial charge >= 0.3 is 0 Å². The molecule has 2 nitrogen and oxygen atoms in total. The molecule has 2 aromatic carbocycles. The van der Waals surface area contributed by atoms with Crippen LogP contribution < -0.4 is 4.74 Å². The van der Waals surface area contributed by atoms with E-state index in [0.29, 0.717) is 6.61 Å². The molecule has 98 valence electrons. The van der Waals surface area contributed by atoms with Crippen molar-refractivity contribution in [1.29, 1.82) is 5.26 Å². The molecule has 0 atom stereocenters. The Morgan fingerprint density at radius 3 is 2.85 bits per heavy atom. The SMILES string of the molecule is N#Cc1c(F)cccc1OCc1csc2ccccc12. The van der Waals surface area contributed by atoms with E-state index in [2.05, 4.69) is 0 Å². The summed E-state index contributed by atoms with van der Waals surface area (Å²) in [6.45, 7) is 0.322. The summed E-state index contributed by atoms with van der Waals surface area (Å²) in [6, 6.07) is 14.3. The van der Waals surface area contributed by atoms with Crippen LogP contribution in [0.2, 0.25) is 0 Å². The van der Waals surface area contributed by atoms with Crippen LogP contribution in [0.3, 0.4) is 0 Å². The van der Waals surface area contributed by atoms with Gasteiger partial charge in [0.1, 0.15) is 29.8 Å². The molecule has 0 aliphatic carbocycles. The average molecular weight is 283 g/mol. The van der Waals surface area contributed by atoms with Crippen molar-refractivity contribution >= 4 is 21.4 Å². The van der Waals surface area contributed by atoms with Gasteiger partial charge in [0.25, 0.3) is 0 Å². The number of benzene rings is 2. The maximum absolute atomic E-state index is 13.5. The van der Waals surface area contributed by atoms with Crippen LogP contribution in [0.15, 0.2) is 47.8 Å². The first-order valence-corrected chi connectivity index (χ1v) is 6.94. The maximum Gasteiger partial charge on any atom is 0.144 e. The third-order valence-electron chi connectivity index (χ3n) is 3.03. The summed E-state index contributed by atoms with van der Waals surface area (Å²) < 4.78 is 20.3. The lowest BCUT2D eigenvalue weighted by atomic mass is 10.2. The van der Waals surface area contributed by atoms with Crippen LogP contribution in [0.25, 0.3) is 10.1 Å². The van der Waals surface area contributed by atoms with Crippen LogP contribution in [0.1, 0.15) is 11.1 Å². The largest absolute Gasteiger partial charge is 0.487 e. The van der Waals surface area contributed by atoms with Crippen molar-refractivity contribution in [2.45, 2.75) is 6.61 Å². The molecule has 0 unspecified atom stereocenters. The Labute approximate surface area is 119 Å². The molecule has 0 fully saturated rings. The number of nitriles is 1. The van der Waals surface area contributed by atoms with Gasteiger partial charge in [0.2, 0.25) is 0 Å². The van der Waals surface area contributed by atoms with Crippen molar-refractivity contribution in [3.8, 4) is 11.8 Å². The van der Waals surface area contributed by atoms with Crippen LogP contribution in [-0.2, 0) is 6.61 Å². The number of hydrogen-bond donors (Lipinski definition) is 0. The second-order valence-corrected chi connectivity index (χ2v) is 5.18. The average Bonchev–Trinajstić information content (AvgIpc) is 2.88. The Morgan fingerprint density at radius 2 is 2.00 bits per heavy atom. The highest BCUT2D eigenvalue weighted by Gasteiger charge is 2.10. The van der Waals surface area contributed by atoms with Gasteiger partial charge < -0.3 is 4.74 Å². The van der Waals surface area contributed by atoms with E-state index >= 15 is 0 Å². The van der Waals surface area contributed by atoms with Crippen molar-refractivity contribution in [3.63, 3.8) is 0 Å². The molecule has 0 aliphatic rings. The minimum absolute atomic E-state index is 0.0490. The Hall–Kier alpha value is -2.38. The van der Waals surface area contributed by atoms with Crippen molar-refractivity contribution < 1.29 is 9.13 Å². The van der Waals surface area contributed by atoms with Gasteiger partial charge in [0, 0.05) is 10.3 Å². The summed E-state index contributed by atoms with van der Waals surface area (Å²) in [6.07, 6.45) is 0. The summed E-state index contributed by atoms with van der Waals surface area (Å²) in [5.74, 6) is -0.275. The zero-order chi connectivity index (χ0) is 13.9. The smallest absolute Gasteiger partial charge is 0.144 e. The van der Waals surface area contributed by atoms with Gasteiger partial charge in [-0.1, -0.05) is 24.3 Å². The highest BCUT2D eigenvalue weighted by Crippen LogP contribution is 2.28. The number of ether oxygens (including phenoxy) is 1. The zero-order valence-corrected chi connectivity index (χ0v) is 11.3. The molecule has 20 heavy (non-hydrogen) atoms. The van der Waals surface area contributed by atoms with E-state index in [4.69, 9.17) is 10.00 Å². The second-order valence-electron chi connectivity index (χ2n) is 4.27. The topological polar surface area (TPSA) is 33.0 Å². The monoisotopic (exact) mass is 283 g/mol. The molecule has 1 aromatic heterocycles. The number of fused-ring (bicyclic) bond motifs is 1. The highest BCUT2D eigenvalue weighted by atomic mass is 32.1. The maximum atomic E-state index is 13.5. The quantitative estimate of drug-likeness (QED) is 0.709. The van der Waals surface area contributed by atoms with Gasteiger partial charge in [-0.15, -0.1) is 11.3 Å². The van der Waals surface area contributed by atoms with E-state index in [1.165, 1.54) is 16.8 Å². The lowest BCUT2D eigenvalue weighted by molar-refractivity contribution is 0.305. The van der Waals surface area contributed by atoms with Gasteiger partial charge in [-0.3, -0.25) is 0 Å². The fourth-order valence-corrected chi connectivity index (χ4v) is 2.98. The molecule has 0 aliphatic heterocycles. The molecule has 0 saturated heterocycles. The molecule has 0 radical (unpaired) electrons. The highest BCUT2D eigenvalue weighted by molar-refractivity contribution is 7.17. The van der Waals surface area contributed by atoms with Crippen LogP contribution >= 0.6 is 11.3 Å². The van der Waals surface area contributed by atoms with Crippen molar-refractivity contribution in [2.24, 2.45) is 0 Å². The Kier molecular flexibility index (Phi) is 3.36. The number of nitrogens with zero attached hydrogens (tertiary/aromatic N) is 1. The predicted molar refractivity (Wildman–Crippen MR) is 77.3 cm³/mol. The summed E-state index contributed by atoms with van der Waals surface area (Å²) in [7, 11) is 0. The zero-order valence-electron chi connectivity index (χ0n) is 10.5. The first kappa shape index (κ1) is 12.6. The number of thiophene rings is 1. The third kappa shape index (κ3) is 2.24. The van der Waals surface area contributed by atoms with E-state index in [0.717, 1.165) is 10.9 Å². The summed E-state index contributed by atoms with van der Waals surface area (Å²) in [5.41, 5.74) is 0.991. The van der Waals surface area contributed by atoms with Gasteiger partial charge in [-0.2, -0.15) is 5.26 Å². The molecule has 4 heteroatoms. The fraction of sp³-hybridized carbons (Fsp3) is 0.0625. The molecular weight excluding hydrogens is 273 g/mol. The summed E-state index contributed by atoms with van der Waals surface area (Å²) in [5, 5.41) is 12.1. The predicted octanol–water partition coefficient (Wildman–Crippen LogP) is 4.49. The molecule has 0 amide bonds. The van der Waals surface area contributed by atoms with E-state index in [1.54, 1.807) is 17.4 Å². The first-order chi connectivity index (χ1) is 9.79. The standard InChI is InChI=1S/C16H10FNOS/c17-14-5-3-6-15(13(14)8-18)19-9-11-10-20-16-7-2-1-4-12(11)16/h1-7,10H,9H2. The van der Waals surface area contributed by atoms with Crippen molar-refractivity contribution in [3.05, 3.63) is 64.8 Å². The van der Waals surface area contributed by atoms with Gasteiger partial charge in [-0.25, -0.2) is 4.39 Å². The fourth-order valence-electron chi connectivity index (χ4n) is 2.03. The molecule has 0 N–H and O–H groups in total. The van der Waals surface area contributed by atoms with Crippen molar-refractivity contribution in [2.75, 3.05) is 0 Å². The van der Waals surface area contributed by atoms with E-state index in [9.17, 15) is 4.39 Å². The van der Waals surface area contributed by atoms with E-state index < -0.39 is 5.82 Å². The van der Waals surface area contributed by atoms with Crippen LogP contribution in [-0.4, -0.2) is 0 Å². The summed E-state index contributed by atoms with van der Waals surface area (Å²) >= 11 is 1.64. The normalized spacial score (nSPS) is 10.4. The molecule has 3 rings (SSSR count). The van der Waals surface area contributed by atoms with E-state index in [1.807, 2.05) is 35.7 Å². The first-order valence-electron chi connectivity index (χ1n) is 6.06. The van der Waals surface area contributed by atoms with Gasteiger partial charge in [-0.05, 0) is 29.0 Å². The molecule has 1 heterocycles. The molecular formula is C16H10FNOS. The lowest BCUT2D eigenvalue weighted by Gasteiger charge is -2.07. The van der Waals surface area contributed by atoms with E-state index in [-0.39, 0.29) is 11.3 Å². The Balaban J connectivity index is 1.87. The molecule has 3 aromatic rings. The lowest BCUT2D eigenvalue weighted by Crippen LogP contribution is -1.98. The Bertz CT molecular complexity index is 804. The number of halogens is 1. The van der Waals surface area contributed by atoms with Gasteiger partial charge in [0.05, 0.1) is 0 Å². The second kappa shape index (κ2) is 5.32. The van der Waals surface area contributed by atoms with Crippen LogP contribution in [0.5, 0.6) is 5.75 Å². The minimum atomic E-state index is -0.555. The minimum Gasteiger partial charge on any atom is -0.487 e. The van der Waals surface area contributed by atoms with Gasteiger partial charge in [0.15, 0.2) is 0 Å². The van der Waals surface area contributed by atoms with Crippen molar-refractivity contribution in [1.82, 2.24) is 0 Å². The molecule has 0 spiro atoms. The number of rotatable bonds is 3. The van der Waals surface area contributed by atoms with Crippen LogP contribution in [0, 0.1) is 17.1 Å². The van der Waals surface area contributed by atoms with Crippen LogP contribution in [0.4, 0.5) is 4.39 Å². The summed E-state index contributed by atoms with van der Waals surface area (Å²) in [4.78, 5) is 0. The number of hydrogen-bond acceptors (Lipinski definition) is 3. The Morgan fingerprint density at radius 1 is 1.15 bits per heavy atom. The third-order valence-corrected chi connectivity index (χ3v) is 4.04. The molecule has 0 bridgehead atoms.